The standard InChI is InChI=1S/C13H18N2O3/c1-2-3-4-11(14)12(16)15-10-7-5-9(6-8-10)13(17)18/h5-8,11H,2-4,14H2,1H3,(H,15,16)(H,17,18)/t11-/m0/s1. The number of carbonyl (C=O) groups excluding carboxylic acids is 1. The third kappa shape index (κ3) is 4.18. The highest BCUT2D eigenvalue weighted by atomic mass is 16.4. The van der Waals surface area contributed by atoms with Crippen LogP contribution in [-0.4, -0.2) is 23.0 Å². The summed E-state index contributed by atoms with van der Waals surface area (Å²) in [5, 5.41) is 11.4. The van der Waals surface area contributed by atoms with Crippen molar-refractivity contribution in [2.45, 2.75) is 32.2 Å². The minimum Gasteiger partial charge on any atom is -0.478 e. The Morgan fingerprint density at radius 1 is 1.33 bits per heavy atom. The Hall–Kier alpha value is -1.88. The summed E-state index contributed by atoms with van der Waals surface area (Å²) in [4.78, 5) is 22.3. The van der Waals surface area contributed by atoms with Crippen LogP contribution >= 0.6 is 0 Å². The number of aromatic carboxylic acids is 1. The number of anilines is 1. The molecule has 0 unspecified atom stereocenters. The summed E-state index contributed by atoms with van der Waals surface area (Å²) in [5.41, 5.74) is 6.46. The third-order valence-corrected chi connectivity index (χ3v) is 2.60. The van der Waals surface area contributed by atoms with Crippen molar-refractivity contribution in [3.63, 3.8) is 0 Å². The van der Waals surface area contributed by atoms with Gasteiger partial charge in [-0.1, -0.05) is 19.8 Å². The molecule has 18 heavy (non-hydrogen) atoms. The molecule has 0 aromatic heterocycles. The van der Waals surface area contributed by atoms with Gasteiger partial charge in [-0.3, -0.25) is 4.79 Å². The number of carboxylic acids is 1. The van der Waals surface area contributed by atoms with E-state index in [4.69, 9.17) is 10.8 Å². The highest BCUT2D eigenvalue weighted by molar-refractivity contribution is 5.95. The molecule has 0 spiro atoms. The number of benzene rings is 1. The van der Waals surface area contributed by atoms with Gasteiger partial charge in [-0.2, -0.15) is 0 Å². The van der Waals surface area contributed by atoms with Gasteiger partial charge in [0.1, 0.15) is 0 Å². The monoisotopic (exact) mass is 250 g/mol. The molecular formula is C13H18N2O3. The lowest BCUT2D eigenvalue weighted by Gasteiger charge is -2.11. The Labute approximate surface area is 106 Å². The first-order chi connectivity index (χ1) is 8.54. The van der Waals surface area contributed by atoms with Crippen LogP contribution in [0.2, 0.25) is 0 Å². The molecule has 1 amide bonds. The summed E-state index contributed by atoms with van der Waals surface area (Å²) in [6.45, 7) is 2.04. The first-order valence-corrected chi connectivity index (χ1v) is 5.94. The third-order valence-electron chi connectivity index (χ3n) is 2.60. The quantitative estimate of drug-likeness (QED) is 0.718. The van der Waals surface area contributed by atoms with E-state index < -0.39 is 12.0 Å². The van der Waals surface area contributed by atoms with E-state index in [9.17, 15) is 9.59 Å². The molecular weight excluding hydrogens is 232 g/mol. The van der Waals surface area contributed by atoms with E-state index in [1.165, 1.54) is 12.1 Å². The second-order valence-electron chi connectivity index (χ2n) is 4.12. The number of unbranched alkanes of at least 4 members (excludes halogenated alkanes) is 1. The minimum absolute atomic E-state index is 0.184. The molecule has 98 valence electrons. The van der Waals surface area contributed by atoms with Gasteiger partial charge in [0.25, 0.3) is 0 Å². The molecule has 1 aromatic carbocycles. The number of nitrogens with one attached hydrogen (secondary N) is 1. The normalized spacial score (nSPS) is 11.9. The van der Waals surface area contributed by atoms with E-state index in [2.05, 4.69) is 5.32 Å². The van der Waals surface area contributed by atoms with Crippen molar-refractivity contribution < 1.29 is 14.7 Å². The van der Waals surface area contributed by atoms with Gasteiger partial charge in [-0.15, -0.1) is 0 Å². The Bertz CT molecular complexity index is 415. The summed E-state index contributed by atoms with van der Waals surface area (Å²) in [5.74, 6) is -1.24. The Kier molecular flexibility index (Phi) is 5.32. The number of carboxylic acid groups (broad SMARTS) is 1. The van der Waals surface area contributed by atoms with Crippen molar-refractivity contribution in [2.24, 2.45) is 5.73 Å². The fourth-order valence-corrected chi connectivity index (χ4v) is 1.49. The predicted molar refractivity (Wildman–Crippen MR) is 69.5 cm³/mol. The molecule has 1 aromatic rings. The van der Waals surface area contributed by atoms with Crippen LogP contribution in [0.3, 0.4) is 0 Å². The van der Waals surface area contributed by atoms with Crippen molar-refractivity contribution in [1.82, 2.24) is 0 Å². The number of hydrogen-bond acceptors (Lipinski definition) is 3. The van der Waals surface area contributed by atoms with Crippen molar-refractivity contribution in [3.8, 4) is 0 Å². The van der Waals surface area contributed by atoms with E-state index in [-0.39, 0.29) is 11.5 Å². The maximum Gasteiger partial charge on any atom is 0.335 e. The molecule has 0 aliphatic rings. The predicted octanol–water partition coefficient (Wildman–Crippen LogP) is 1.84. The molecule has 1 rings (SSSR count). The van der Waals surface area contributed by atoms with Crippen LogP contribution in [0.25, 0.3) is 0 Å². The molecule has 0 aliphatic carbocycles. The number of carbonyl (C=O) groups is 2. The summed E-state index contributed by atoms with van der Waals surface area (Å²) in [6.07, 6.45) is 2.55. The Morgan fingerprint density at radius 3 is 2.44 bits per heavy atom. The zero-order valence-electron chi connectivity index (χ0n) is 10.3. The Morgan fingerprint density at radius 2 is 1.94 bits per heavy atom. The van der Waals surface area contributed by atoms with Gasteiger partial charge < -0.3 is 16.2 Å². The van der Waals surface area contributed by atoms with Gasteiger partial charge in [0, 0.05) is 5.69 Å². The number of nitrogens with two attached hydrogens (primary N) is 1. The average Bonchev–Trinajstić information content (AvgIpc) is 2.36. The fourth-order valence-electron chi connectivity index (χ4n) is 1.49. The molecule has 0 bridgehead atoms. The smallest absolute Gasteiger partial charge is 0.335 e. The molecule has 0 saturated carbocycles. The molecule has 1 atom stereocenters. The van der Waals surface area contributed by atoms with Gasteiger partial charge in [0.2, 0.25) is 5.91 Å². The Balaban J connectivity index is 2.56. The zero-order valence-corrected chi connectivity index (χ0v) is 10.3. The van der Waals surface area contributed by atoms with E-state index in [1.807, 2.05) is 6.92 Å². The summed E-state index contributed by atoms with van der Waals surface area (Å²) in [6, 6.07) is 5.46. The van der Waals surface area contributed by atoms with Crippen LogP contribution in [0.4, 0.5) is 5.69 Å². The summed E-state index contributed by atoms with van der Waals surface area (Å²) in [7, 11) is 0. The minimum atomic E-state index is -0.993. The lowest BCUT2D eigenvalue weighted by atomic mass is 10.1. The van der Waals surface area contributed by atoms with Crippen molar-refractivity contribution in [1.29, 1.82) is 0 Å². The summed E-state index contributed by atoms with van der Waals surface area (Å²) < 4.78 is 0. The van der Waals surface area contributed by atoms with E-state index in [0.717, 1.165) is 12.8 Å². The molecule has 4 N–H and O–H groups in total. The van der Waals surface area contributed by atoms with E-state index in [0.29, 0.717) is 12.1 Å². The fraction of sp³-hybridized carbons (Fsp3) is 0.385. The van der Waals surface area contributed by atoms with Crippen molar-refractivity contribution in [3.05, 3.63) is 29.8 Å². The van der Waals surface area contributed by atoms with Gasteiger partial charge in [-0.25, -0.2) is 4.79 Å². The first-order valence-electron chi connectivity index (χ1n) is 5.94. The van der Waals surface area contributed by atoms with Crippen LogP contribution < -0.4 is 11.1 Å². The van der Waals surface area contributed by atoms with Gasteiger partial charge in [0.05, 0.1) is 11.6 Å². The van der Waals surface area contributed by atoms with Crippen molar-refractivity contribution >= 4 is 17.6 Å². The maximum atomic E-state index is 11.7. The number of rotatable bonds is 6. The molecule has 0 fully saturated rings. The molecule has 0 heterocycles. The summed E-state index contributed by atoms with van der Waals surface area (Å²) >= 11 is 0. The SMILES string of the molecule is CCCC[C@H](N)C(=O)Nc1ccc(C(=O)O)cc1. The van der Waals surface area contributed by atoms with Crippen molar-refractivity contribution in [2.75, 3.05) is 5.32 Å². The van der Waals surface area contributed by atoms with Crippen LogP contribution in [0.15, 0.2) is 24.3 Å². The van der Waals surface area contributed by atoms with E-state index >= 15 is 0 Å². The second kappa shape index (κ2) is 6.76. The van der Waals surface area contributed by atoms with E-state index in [1.54, 1.807) is 12.1 Å². The number of hydrogen-bond donors (Lipinski definition) is 3. The highest BCUT2D eigenvalue weighted by Crippen LogP contribution is 2.10. The maximum absolute atomic E-state index is 11.7. The lowest BCUT2D eigenvalue weighted by molar-refractivity contribution is -0.117. The molecule has 0 aliphatic heterocycles. The number of amides is 1. The van der Waals surface area contributed by atoms with Crippen LogP contribution in [0.1, 0.15) is 36.5 Å². The highest BCUT2D eigenvalue weighted by Gasteiger charge is 2.12. The second-order valence-corrected chi connectivity index (χ2v) is 4.12. The molecule has 5 heteroatoms. The lowest BCUT2D eigenvalue weighted by Crippen LogP contribution is -2.35. The zero-order chi connectivity index (χ0) is 13.5. The molecule has 5 nitrogen and oxygen atoms in total. The van der Waals surface area contributed by atoms with Gasteiger partial charge in [-0.05, 0) is 30.7 Å². The molecule has 0 radical (unpaired) electrons. The topological polar surface area (TPSA) is 92.4 Å². The first kappa shape index (κ1) is 14.2. The average molecular weight is 250 g/mol. The largest absolute Gasteiger partial charge is 0.478 e. The van der Waals surface area contributed by atoms with Crippen LogP contribution in [-0.2, 0) is 4.79 Å². The van der Waals surface area contributed by atoms with Gasteiger partial charge >= 0.3 is 5.97 Å². The van der Waals surface area contributed by atoms with Crippen LogP contribution in [0.5, 0.6) is 0 Å². The molecule has 0 saturated heterocycles. The van der Waals surface area contributed by atoms with Gasteiger partial charge in [0.15, 0.2) is 0 Å². The van der Waals surface area contributed by atoms with Crippen LogP contribution in [0, 0.1) is 0 Å².